The minimum absolute atomic E-state index is 0.178. The number of carbonyl (C=O) groups is 2. The zero-order valence-electron chi connectivity index (χ0n) is 14.5. The Balaban J connectivity index is 1.81. The number of para-hydroxylation sites is 1. The summed E-state index contributed by atoms with van der Waals surface area (Å²) in [6.07, 6.45) is 5.23. The van der Waals surface area contributed by atoms with Crippen LogP contribution in [-0.4, -0.2) is 34.4 Å². The number of aryl methyl sites for hydroxylation is 1. The molecule has 0 saturated heterocycles. The van der Waals surface area contributed by atoms with E-state index in [-0.39, 0.29) is 23.8 Å². The molecule has 3 rings (SSSR count). The van der Waals surface area contributed by atoms with Crippen LogP contribution in [0.2, 0.25) is 0 Å². The van der Waals surface area contributed by atoms with Crippen molar-refractivity contribution in [2.45, 2.75) is 31.7 Å². The lowest BCUT2D eigenvalue weighted by Crippen LogP contribution is -2.48. The molecule has 0 spiro atoms. The van der Waals surface area contributed by atoms with Crippen LogP contribution in [0.3, 0.4) is 0 Å². The highest BCUT2D eigenvalue weighted by Gasteiger charge is 2.34. The Bertz CT molecular complexity index is 849. The summed E-state index contributed by atoms with van der Waals surface area (Å²) in [5, 5.41) is 13.0. The Labute approximate surface area is 147 Å². The van der Waals surface area contributed by atoms with E-state index < -0.39 is 0 Å². The second kappa shape index (κ2) is 6.98. The Morgan fingerprint density at radius 2 is 2.00 bits per heavy atom. The molecular formula is C19H22N4O2. The van der Waals surface area contributed by atoms with Crippen molar-refractivity contribution < 1.29 is 9.59 Å². The maximum Gasteiger partial charge on any atom is 0.268 e. The third-order valence-electron chi connectivity index (χ3n) is 5.06. The first kappa shape index (κ1) is 17.0. The predicted molar refractivity (Wildman–Crippen MR) is 94.5 cm³/mol. The van der Waals surface area contributed by atoms with Gasteiger partial charge in [-0.05, 0) is 25.0 Å². The van der Waals surface area contributed by atoms with Gasteiger partial charge in [0, 0.05) is 31.0 Å². The van der Waals surface area contributed by atoms with Crippen molar-refractivity contribution in [2.24, 2.45) is 13.0 Å². The number of nitriles is 1. The van der Waals surface area contributed by atoms with Crippen LogP contribution in [0.25, 0.3) is 10.9 Å². The molecule has 2 aromatic rings. The molecule has 25 heavy (non-hydrogen) atoms. The largest absolute Gasteiger partial charge is 0.347 e. The number of nitrogens with zero attached hydrogens (tertiary/aromatic N) is 3. The first-order valence-electron chi connectivity index (χ1n) is 8.55. The van der Waals surface area contributed by atoms with E-state index in [1.54, 1.807) is 0 Å². The van der Waals surface area contributed by atoms with Crippen molar-refractivity contribution >= 4 is 22.7 Å². The average molecular weight is 338 g/mol. The third kappa shape index (κ3) is 3.22. The standard InChI is InChI=1S/C19H22N4O2/c1-22(12-20)19(25)14-8-4-5-9-15(14)21-18(24)17-11-13-7-3-6-10-16(13)23(17)2/h3,6-7,10-11,14-15H,4-5,8-9H2,1-2H3,(H,21,24)/t14-,15+/m1/s1. The molecular weight excluding hydrogens is 316 g/mol. The number of rotatable bonds is 3. The summed E-state index contributed by atoms with van der Waals surface area (Å²) in [5.74, 6) is -0.732. The van der Waals surface area contributed by atoms with Gasteiger partial charge in [0.25, 0.3) is 5.91 Å². The molecule has 130 valence electrons. The van der Waals surface area contributed by atoms with Crippen LogP contribution in [0.1, 0.15) is 36.2 Å². The fourth-order valence-corrected chi connectivity index (χ4v) is 3.65. The Morgan fingerprint density at radius 3 is 2.72 bits per heavy atom. The molecule has 0 radical (unpaired) electrons. The molecule has 1 N–H and O–H groups in total. The van der Waals surface area contributed by atoms with Gasteiger partial charge in [-0.25, -0.2) is 0 Å². The normalized spacial score (nSPS) is 20.0. The number of hydrogen-bond donors (Lipinski definition) is 1. The molecule has 1 aromatic heterocycles. The fourth-order valence-electron chi connectivity index (χ4n) is 3.65. The van der Waals surface area contributed by atoms with Gasteiger partial charge in [-0.15, -0.1) is 0 Å². The van der Waals surface area contributed by atoms with E-state index in [0.29, 0.717) is 12.1 Å². The van der Waals surface area contributed by atoms with Gasteiger partial charge in [-0.3, -0.25) is 14.5 Å². The molecule has 1 saturated carbocycles. The molecule has 1 heterocycles. The molecule has 0 unspecified atom stereocenters. The zero-order chi connectivity index (χ0) is 18.0. The summed E-state index contributed by atoms with van der Waals surface area (Å²) >= 11 is 0. The molecule has 6 nitrogen and oxygen atoms in total. The lowest BCUT2D eigenvalue weighted by atomic mass is 9.83. The van der Waals surface area contributed by atoms with Crippen LogP contribution in [0, 0.1) is 17.4 Å². The Kier molecular flexibility index (Phi) is 4.75. The maximum atomic E-state index is 12.8. The summed E-state index contributed by atoms with van der Waals surface area (Å²) in [6.45, 7) is 0. The second-order valence-corrected chi connectivity index (χ2v) is 6.62. The summed E-state index contributed by atoms with van der Waals surface area (Å²) in [7, 11) is 3.34. The van der Waals surface area contributed by atoms with Gasteiger partial charge in [-0.2, -0.15) is 5.26 Å². The van der Waals surface area contributed by atoms with E-state index in [1.165, 1.54) is 7.05 Å². The Morgan fingerprint density at radius 1 is 1.28 bits per heavy atom. The fraction of sp³-hybridized carbons (Fsp3) is 0.421. The molecule has 6 heteroatoms. The highest BCUT2D eigenvalue weighted by atomic mass is 16.2. The van der Waals surface area contributed by atoms with Crippen molar-refractivity contribution in [3.05, 3.63) is 36.0 Å². The summed E-state index contributed by atoms with van der Waals surface area (Å²) < 4.78 is 1.87. The number of benzene rings is 1. The lowest BCUT2D eigenvalue weighted by molar-refractivity contribution is -0.133. The van der Waals surface area contributed by atoms with Crippen molar-refractivity contribution in [1.82, 2.24) is 14.8 Å². The summed E-state index contributed by atoms with van der Waals surface area (Å²) in [4.78, 5) is 26.3. The van der Waals surface area contributed by atoms with Gasteiger partial charge in [0.15, 0.2) is 6.19 Å². The quantitative estimate of drug-likeness (QED) is 0.689. The van der Waals surface area contributed by atoms with Gasteiger partial charge in [-0.1, -0.05) is 31.0 Å². The second-order valence-electron chi connectivity index (χ2n) is 6.62. The molecule has 1 aliphatic rings. The summed E-state index contributed by atoms with van der Waals surface area (Å²) in [6, 6.07) is 9.46. The van der Waals surface area contributed by atoms with E-state index in [9.17, 15) is 9.59 Å². The molecule has 2 atom stereocenters. The number of fused-ring (bicyclic) bond motifs is 1. The third-order valence-corrected chi connectivity index (χ3v) is 5.06. The highest BCUT2D eigenvalue weighted by Crippen LogP contribution is 2.27. The van der Waals surface area contributed by atoms with Crippen LogP contribution in [-0.2, 0) is 11.8 Å². The van der Waals surface area contributed by atoms with Crippen LogP contribution in [0.4, 0.5) is 0 Å². The Hall–Kier alpha value is -2.81. The molecule has 1 fully saturated rings. The van der Waals surface area contributed by atoms with E-state index in [1.807, 2.05) is 48.1 Å². The lowest BCUT2D eigenvalue weighted by Gasteiger charge is -2.32. The van der Waals surface area contributed by atoms with E-state index in [0.717, 1.165) is 35.1 Å². The van der Waals surface area contributed by atoms with Crippen LogP contribution < -0.4 is 5.32 Å². The van der Waals surface area contributed by atoms with Gasteiger partial charge >= 0.3 is 0 Å². The minimum Gasteiger partial charge on any atom is -0.347 e. The summed E-state index contributed by atoms with van der Waals surface area (Å²) in [5.41, 5.74) is 1.57. The van der Waals surface area contributed by atoms with E-state index >= 15 is 0 Å². The van der Waals surface area contributed by atoms with Gasteiger partial charge in [0.1, 0.15) is 5.69 Å². The first-order chi connectivity index (χ1) is 12.0. The van der Waals surface area contributed by atoms with Crippen molar-refractivity contribution in [3.8, 4) is 6.19 Å². The number of carbonyl (C=O) groups excluding carboxylic acids is 2. The first-order valence-corrected chi connectivity index (χ1v) is 8.55. The molecule has 0 bridgehead atoms. The van der Waals surface area contributed by atoms with Gasteiger partial charge in [0.05, 0.1) is 5.92 Å². The van der Waals surface area contributed by atoms with Crippen LogP contribution in [0.5, 0.6) is 0 Å². The number of nitrogens with one attached hydrogen (secondary N) is 1. The van der Waals surface area contributed by atoms with Crippen LogP contribution >= 0.6 is 0 Å². The number of hydrogen-bond acceptors (Lipinski definition) is 3. The molecule has 1 aliphatic carbocycles. The van der Waals surface area contributed by atoms with Crippen molar-refractivity contribution in [1.29, 1.82) is 5.26 Å². The van der Waals surface area contributed by atoms with E-state index in [2.05, 4.69) is 5.32 Å². The molecule has 2 amide bonds. The minimum atomic E-state index is -0.336. The highest BCUT2D eigenvalue weighted by molar-refractivity contribution is 5.99. The van der Waals surface area contributed by atoms with Crippen molar-refractivity contribution in [3.63, 3.8) is 0 Å². The van der Waals surface area contributed by atoms with Gasteiger partial charge < -0.3 is 9.88 Å². The average Bonchev–Trinajstić information content (AvgIpc) is 2.98. The topological polar surface area (TPSA) is 78.1 Å². The predicted octanol–water partition coefficient (Wildman–Crippen LogP) is 2.41. The smallest absolute Gasteiger partial charge is 0.268 e. The zero-order valence-corrected chi connectivity index (χ0v) is 14.5. The monoisotopic (exact) mass is 338 g/mol. The number of aromatic nitrogens is 1. The number of amides is 2. The van der Waals surface area contributed by atoms with E-state index in [4.69, 9.17) is 5.26 Å². The van der Waals surface area contributed by atoms with Gasteiger partial charge in [0.2, 0.25) is 5.91 Å². The molecule has 1 aromatic carbocycles. The molecule has 0 aliphatic heterocycles. The van der Waals surface area contributed by atoms with Crippen molar-refractivity contribution in [2.75, 3.05) is 7.05 Å². The van der Waals surface area contributed by atoms with Crippen LogP contribution in [0.15, 0.2) is 30.3 Å². The SMILES string of the molecule is CN(C#N)C(=O)[C@@H]1CCCC[C@@H]1NC(=O)c1cc2ccccc2n1C. The maximum absolute atomic E-state index is 12.8.